The molecule has 1 aromatic rings. The maximum atomic E-state index is 13.4. The van der Waals surface area contributed by atoms with Crippen LogP contribution in [-0.4, -0.2) is 5.54 Å². The molecule has 3 heteroatoms. The summed E-state index contributed by atoms with van der Waals surface area (Å²) in [6.07, 6.45) is 5.11. The van der Waals surface area contributed by atoms with Crippen molar-refractivity contribution in [3.63, 3.8) is 0 Å². The molecule has 1 aliphatic carbocycles. The number of rotatable bonds is 2. The van der Waals surface area contributed by atoms with E-state index in [2.05, 4.69) is 29.8 Å². The molecule has 0 amide bonds. The lowest BCUT2D eigenvalue weighted by Gasteiger charge is -2.41. The van der Waals surface area contributed by atoms with Gasteiger partial charge in [-0.3, -0.25) is 0 Å². The molecule has 0 heterocycles. The van der Waals surface area contributed by atoms with Crippen molar-refractivity contribution < 1.29 is 4.39 Å². The Morgan fingerprint density at radius 2 is 1.78 bits per heavy atom. The Morgan fingerprint density at radius 1 is 1.17 bits per heavy atom. The van der Waals surface area contributed by atoms with Gasteiger partial charge < -0.3 is 5.73 Å². The summed E-state index contributed by atoms with van der Waals surface area (Å²) in [7, 11) is 0. The first-order valence-corrected chi connectivity index (χ1v) is 7.31. The monoisotopic (exact) mass is 313 g/mol. The van der Waals surface area contributed by atoms with Crippen molar-refractivity contribution in [1.82, 2.24) is 0 Å². The molecule has 0 radical (unpaired) electrons. The Morgan fingerprint density at radius 3 is 2.33 bits per heavy atom. The van der Waals surface area contributed by atoms with Gasteiger partial charge in [-0.1, -0.05) is 29.8 Å². The molecule has 1 saturated carbocycles. The fourth-order valence-electron chi connectivity index (χ4n) is 2.72. The van der Waals surface area contributed by atoms with E-state index < -0.39 is 0 Å². The number of hydrogen-bond donors (Lipinski definition) is 1. The van der Waals surface area contributed by atoms with Gasteiger partial charge in [0.15, 0.2) is 0 Å². The largest absolute Gasteiger partial charge is 0.325 e. The highest BCUT2D eigenvalue weighted by atomic mass is 79.9. The number of halogens is 2. The van der Waals surface area contributed by atoms with Crippen LogP contribution in [0.3, 0.4) is 0 Å². The van der Waals surface area contributed by atoms with E-state index in [1.165, 1.54) is 6.07 Å². The van der Waals surface area contributed by atoms with Crippen molar-refractivity contribution in [2.24, 2.45) is 11.1 Å². The molecule has 0 saturated heterocycles. The first-order valence-electron chi connectivity index (χ1n) is 6.52. The Kier molecular flexibility index (Phi) is 3.84. The van der Waals surface area contributed by atoms with Crippen LogP contribution < -0.4 is 5.73 Å². The third-order valence-electron chi connectivity index (χ3n) is 4.08. The second kappa shape index (κ2) is 4.93. The molecule has 1 fully saturated rings. The first kappa shape index (κ1) is 14.0. The van der Waals surface area contributed by atoms with Gasteiger partial charge in [0.05, 0.1) is 0 Å². The highest BCUT2D eigenvalue weighted by molar-refractivity contribution is 9.10. The minimum absolute atomic E-state index is 0.164. The quantitative estimate of drug-likeness (QED) is 0.859. The minimum atomic E-state index is -0.195. The van der Waals surface area contributed by atoms with E-state index in [-0.39, 0.29) is 11.4 Å². The lowest BCUT2D eigenvalue weighted by molar-refractivity contribution is 0.164. The molecule has 1 aliphatic rings. The van der Waals surface area contributed by atoms with Crippen LogP contribution in [0.4, 0.5) is 4.39 Å². The van der Waals surface area contributed by atoms with Gasteiger partial charge >= 0.3 is 0 Å². The smallest absolute Gasteiger partial charge is 0.124 e. The Hall–Kier alpha value is -0.410. The summed E-state index contributed by atoms with van der Waals surface area (Å²) in [6.45, 7) is 4.59. The standard InChI is InChI=1S/C15H21BrFN/c1-14(2)3-5-15(18,6-4-14)10-11-7-12(16)9-13(17)8-11/h7-9H,3-6,10,18H2,1-2H3. The van der Waals surface area contributed by atoms with E-state index in [4.69, 9.17) is 5.73 Å². The summed E-state index contributed by atoms with van der Waals surface area (Å²) >= 11 is 3.33. The van der Waals surface area contributed by atoms with Gasteiger partial charge in [-0.25, -0.2) is 4.39 Å². The van der Waals surface area contributed by atoms with Gasteiger partial charge in [-0.15, -0.1) is 0 Å². The molecule has 2 rings (SSSR count). The van der Waals surface area contributed by atoms with Gasteiger partial charge in [0.1, 0.15) is 5.82 Å². The van der Waals surface area contributed by atoms with Crippen LogP contribution in [0.2, 0.25) is 0 Å². The summed E-state index contributed by atoms with van der Waals surface area (Å²) in [5, 5.41) is 0. The van der Waals surface area contributed by atoms with Crippen LogP contribution in [0.5, 0.6) is 0 Å². The Labute approximate surface area is 117 Å². The lowest BCUT2D eigenvalue weighted by Crippen LogP contribution is -2.46. The molecular formula is C15H21BrFN. The normalized spacial score (nSPS) is 21.8. The molecule has 1 aromatic carbocycles. The fourth-order valence-corrected chi connectivity index (χ4v) is 3.23. The SMILES string of the molecule is CC1(C)CCC(N)(Cc2cc(F)cc(Br)c2)CC1. The predicted molar refractivity (Wildman–Crippen MR) is 77.0 cm³/mol. The average Bonchev–Trinajstić information content (AvgIpc) is 2.22. The van der Waals surface area contributed by atoms with Crippen molar-refractivity contribution in [2.75, 3.05) is 0 Å². The van der Waals surface area contributed by atoms with Crippen LogP contribution >= 0.6 is 15.9 Å². The number of hydrogen-bond acceptors (Lipinski definition) is 1. The molecule has 0 bridgehead atoms. The molecular weight excluding hydrogens is 293 g/mol. The summed E-state index contributed by atoms with van der Waals surface area (Å²) in [5.74, 6) is -0.195. The minimum Gasteiger partial charge on any atom is -0.325 e. The number of nitrogens with two attached hydrogens (primary N) is 1. The summed E-state index contributed by atoms with van der Waals surface area (Å²) in [5.41, 5.74) is 7.71. The van der Waals surface area contributed by atoms with Crippen molar-refractivity contribution in [3.8, 4) is 0 Å². The Bertz CT molecular complexity index is 412. The van der Waals surface area contributed by atoms with Crippen molar-refractivity contribution in [1.29, 1.82) is 0 Å². The zero-order valence-corrected chi connectivity index (χ0v) is 12.7. The molecule has 2 N–H and O–H groups in total. The lowest BCUT2D eigenvalue weighted by atomic mass is 9.68. The van der Waals surface area contributed by atoms with Crippen molar-refractivity contribution in [2.45, 2.75) is 51.5 Å². The van der Waals surface area contributed by atoms with Crippen LogP contribution in [0.15, 0.2) is 22.7 Å². The predicted octanol–water partition coefficient (Wildman–Crippen LogP) is 4.43. The van der Waals surface area contributed by atoms with E-state index in [9.17, 15) is 4.39 Å². The van der Waals surface area contributed by atoms with Crippen LogP contribution in [-0.2, 0) is 6.42 Å². The summed E-state index contributed by atoms with van der Waals surface area (Å²) in [6, 6.07) is 5.05. The van der Waals surface area contributed by atoms with E-state index in [1.807, 2.05) is 6.07 Å². The van der Waals surface area contributed by atoms with Crippen molar-refractivity contribution in [3.05, 3.63) is 34.1 Å². The van der Waals surface area contributed by atoms with Crippen LogP contribution in [0, 0.1) is 11.2 Å². The maximum absolute atomic E-state index is 13.4. The molecule has 100 valence electrons. The zero-order valence-electron chi connectivity index (χ0n) is 11.1. The maximum Gasteiger partial charge on any atom is 0.124 e. The molecule has 18 heavy (non-hydrogen) atoms. The molecule has 0 aliphatic heterocycles. The first-order chi connectivity index (χ1) is 8.28. The average molecular weight is 314 g/mol. The van der Waals surface area contributed by atoms with E-state index in [0.717, 1.165) is 42.1 Å². The van der Waals surface area contributed by atoms with Gasteiger partial charge in [0.25, 0.3) is 0 Å². The molecule has 0 atom stereocenters. The van der Waals surface area contributed by atoms with E-state index in [0.29, 0.717) is 5.41 Å². The third kappa shape index (κ3) is 3.55. The zero-order chi connectivity index (χ0) is 13.4. The van der Waals surface area contributed by atoms with Gasteiger partial charge in [0.2, 0.25) is 0 Å². The Balaban J connectivity index is 2.09. The molecule has 0 unspecified atom stereocenters. The third-order valence-corrected chi connectivity index (χ3v) is 4.54. The van der Waals surface area contributed by atoms with E-state index >= 15 is 0 Å². The fraction of sp³-hybridized carbons (Fsp3) is 0.600. The second-order valence-corrected chi connectivity index (χ2v) is 7.40. The highest BCUT2D eigenvalue weighted by Gasteiger charge is 2.35. The van der Waals surface area contributed by atoms with Gasteiger partial charge in [-0.05, 0) is 61.3 Å². The van der Waals surface area contributed by atoms with Crippen LogP contribution in [0.25, 0.3) is 0 Å². The summed E-state index contributed by atoms with van der Waals surface area (Å²) < 4.78 is 14.1. The summed E-state index contributed by atoms with van der Waals surface area (Å²) in [4.78, 5) is 0. The van der Waals surface area contributed by atoms with Gasteiger partial charge in [-0.2, -0.15) is 0 Å². The van der Waals surface area contributed by atoms with Crippen LogP contribution in [0.1, 0.15) is 45.1 Å². The van der Waals surface area contributed by atoms with Crippen molar-refractivity contribution >= 4 is 15.9 Å². The molecule has 0 spiro atoms. The molecule has 0 aromatic heterocycles. The van der Waals surface area contributed by atoms with Gasteiger partial charge in [0, 0.05) is 10.0 Å². The molecule has 1 nitrogen and oxygen atoms in total. The number of benzene rings is 1. The highest BCUT2D eigenvalue weighted by Crippen LogP contribution is 2.40. The topological polar surface area (TPSA) is 26.0 Å². The second-order valence-electron chi connectivity index (χ2n) is 6.48. The van der Waals surface area contributed by atoms with E-state index in [1.54, 1.807) is 6.07 Å².